The molecule has 0 bridgehead atoms. The van der Waals surface area contributed by atoms with E-state index in [2.05, 4.69) is 10.4 Å². The van der Waals surface area contributed by atoms with Crippen LogP contribution in [-0.2, 0) is 16.6 Å². The number of hydrogen-bond acceptors (Lipinski definition) is 4. The van der Waals surface area contributed by atoms with E-state index in [1.807, 2.05) is 6.92 Å². The summed E-state index contributed by atoms with van der Waals surface area (Å²) >= 11 is 0. The van der Waals surface area contributed by atoms with Gasteiger partial charge in [-0.15, -0.1) is 0 Å². The van der Waals surface area contributed by atoms with Gasteiger partial charge in [0.15, 0.2) is 0 Å². The number of rotatable bonds is 6. The molecule has 2 N–H and O–H groups in total. The molecule has 0 aliphatic rings. The van der Waals surface area contributed by atoms with Crippen LogP contribution in [0.5, 0.6) is 0 Å². The number of aromatic nitrogens is 2. The van der Waals surface area contributed by atoms with Gasteiger partial charge in [0.2, 0.25) is 0 Å². The minimum Gasteiger partial charge on any atom is -0.480 e. The van der Waals surface area contributed by atoms with E-state index < -0.39 is 5.97 Å². The normalized spacial score (nSPS) is 10.4. The van der Waals surface area contributed by atoms with Crippen LogP contribution >= 0.6 is 0 Å². The van der Waals surface area contributed by atoms with Crippen molar-refractivity contribution < 1.29 is 19.4 Å². The number of carbonyl (C=O) groups excluding carboxylic acids is 1. The number of ether oxygens (including phenoxy) is 1. The van der Waals surface area contributed by atoms with Gasteiger partial charge in [0.25, 0.3) is 5.91 Å². The highest BCUT2D eigenvalue weighted by Gasteiger charge is 2.16. The molecule has 0 aliphatic heterocycles. The lowest BCUT2D eigenvalue weighted by molar-refractivity contribution is -0.142. The predicted molar refractivity (Wildman–Crippen MR) is 63.5 cm³/mol. The molecule has 0 saturated carbocycles. The molecule has 1 aromatic heterocycles. The van der Waals surface area contributed by atoms with Crippen LogP contribution in [-0.4, -0.2) is 46.5 Å². The van der Waals surface area contributed by atoms with Gasteiger partial charge in [-0.1, -0.05) is 0 Å². The Labute approximate surface area is 105 Å². The summed E-state index contributed by atoms with van der Waals surface area (Å²) in [5.41, 5.74) is 2.01. The summed E-state index contributed by atoms with van der Waals surface area (Å²) in [6, 6.07) is 0. The van der Waals surface area contributed by atoms with Gasteiger partial charge in [-0.3, -0.25) is 9.48 Å². The van der Waals surface area contributed by atoms with Gasteiger partial charge < -0.3 is 15.2 Å². The Hall–Kier alpha value is -1.89. The second kappa shape index (κ2) is 6.15. The average Bonchev–Trinajstić information content (AvgIpc) is 2.52. The molecule has 0 unspecified atom stereocenters. The molecule has 100 valence electrons. The van der Waals surface area contributed by atoms with E-state index in [-0.39, 0.29) is 25.7 Å². The molecule has 0 radical (unpaired) electrons. The Morgan fingerprint density at radius 3 is 2.61 bits per heavy atom. The summed E-state index contributed by atoms with van der Waals surface area (Å²) in [4.78, 5) is 22.0. The third-order valence-corrected chi connectivity index (χ3v) is 2.49. The third-order valence-electron chi connectivity index (χ3n) is 2.49. The monoisotopic (exact) mass is 255 g/mol. The van der Waals surface area contributed by atoms with Crippen molar-refractivity contribution in [2.24, 2.45) is 7.05 Å². The van der Waals surface area contributed by atoms with Gasteiger partial charge in [0.1, 0.15) is 6.61 Å². The molecule has 7 heteroatoms. The molecule has 0 spiro atoms. The van der Waals surface area contributed by atoms with Crippen molar-refractivity contribution >= 4 is 11.9 Å². The van der Waals surface area contributed by atoms with Gasteiger partial charge in [0.05, 0.1) is 17.9 Å². The standard InChI is InChI=1S/C11H17N3O4/c1-7-10(8(2)14(3)13-7)11(17)12-4-5-18-6-9(15)16/h4-6H2,1-3H3,(H,12,17)(H,15,16). The zero-order valence-electron chi connectivity index (χ0n) is 10.7. The number of nitrogens with one attached hydrogen (secondary N) is 1. The summed E-state index contributed by atoms with van der Waals surface area (Å²) in [5.74, 6) is -1.25. The molecule has 7 nitrogen and oxygen atoms in total. The second-order valence-corrected chi connectivity index (χ2v) is 3.87. The third kappa shape index (κ3) is 3.56. The molecule has 1 heterocycles. The minimum atomic E-state index is -1.03. The lowest BCUT2D eigenvalue weighted by atomic mass is 10.2. The van der Waals surface area contributed by atoms with E-state index in [1.165, 1.54) is 0 Å². The van der Waals surface area contributed by atoms with E-state index in [4.69, 9.17) is 9.84 Å². The molecule has 0 aliphatic carbocycles. The highest BCUT2D eigenvalue weighted by atomic mass is 16.5. The first-order valence-electron chi connectivity index (χ1n) is 5.51. The van der Waals surface area contributed by atoms with Gasteiger partial charge in [0, 0.05) is 19.3 Å². The van der Waals surface area contributed by atoms with Crippen molar-refractivity contribution in [1.82, 2.24) is 15.1 Å². The van der Waals surface area contributed by atoms with Gasteiger partial charge >= 0.3 is 5.97 Å². The van der Waals surface area contributed by atoms with E-state index in [0.29, 0.717) is 11.3 Å². The maximum atomic E-state index is 11.9. The van der Waals surface area contributed by atoms with Crippen molar-refractivity contribution in [2.75, 3.05) is 19.8 Å². The zero-order valence-corrected chi connectivity index (χ0v) is 10.7. The number of hydrogen-bond donors (Lipinski definition) is 2. The molecule has 0 aromatic carbocycles. The summed E-state index contributed by atoms with van der Waals surface area (Å²) in [6.07, 6.45) is 0. The number of amides is 1. The molecule has 0 atom stereocenters. The number of aliphatic carboxylic acids is 1. The van der Waals surface area contributed by atoms with Crippen molar-refractivity contribution in [2.45, 2.75) is 13.8 Å². The topological polar surface area (TPSA) is 93.5 Å². The van der Waals surface area contributed by atoms with Crippen LogP contribution in [0, 0.1) is 13.8 Å². The van der Waals surface area contributed by atoms with Gasteiger partial charge in [-0.25, -0.2) is 4.79 Å². The van der Waals surface area contributed by atoms with Crippen LogP contribution in [0.4, 0.5) is 0 Å². The summed E-state index contributed by atoms with van der Waals surface area (Å²) in [6.45, 7) is 3.65. The Kier molecular flexibility index (Phi) is 4.85. The summed E-state index contributed by atoms with van der Waals surface area (Å²) in [5, 5.41) is 15.2. The molecule has 18 heavy (non-hydrogen) atoms. The fourth-order valence-electron chi connectivity index (χ4n) is 1.59. The summed E-state index contributed by atoms with van der Waals surface area (Å²) < 4.78 is 6.46. The number of nitrogens with zero attached hydrogens (tertiary/aromatic N) is 2. The first-order chi connectivity index (χ1) is 8.43. The molecule has 0 saturated heterocycles. The fraction of sp³-hybridized carbons (Fsp3) is 0.545. The smallest absolute Gasteiger partial charge is 0.329 e. The van der Waals surface area contributed by atoms with Crippen molar-refractivity contribution in [3.8, 4) is 0 Å². The fourth-order valence-corrected chi connectivity index (χ4v) is 1.59. The average molecular weight is 255 g/mol. The Bertz CT molecular complexity index is 453. The maximum Gasteiger partial charge on any atom is 0.329 e. The number of carboxylic acid groups (broad SMARTS) is 1. The van der Waals surface area contributed by atoms with Gasteiger partial charge in [-0.05, 0) is 13.8 Å². The maximum absolute atomic E-state index is 11.9. The Morgan fingerprint density at radius 2 is 2.11 bits per heavy atom. The van der Waals surface area contributed by atoms with E-state index in [0.717, 1.165) is 5.69 Å². The minimum absolute atomic E-state index is 0.163. The molecular formula is C11H17N3O4. The van der Waals surface area contributed by atoms with Crippen molar-refractivity contribution in [3.05, 3.63) is 17.0 Å². The first kappa shape index (κ1) is 14.2. The number of carboxylic acids is 1. The van der Waals surface area contributed by atoms with Gasteiger partial charge in [-0.2, -0.15) is 5.10 Å². The lowest BCUT2D eigenvalue weighted by Gasteiger charge is -2.05. The number of carbonyl (C=O) groups is 2. The first-order valence-corrected chi connectivity index (χ1v) is 5.51. The SMILES string of the molecule is Cc1nn(C)c(C)c1C(=O)NCCOCC(=O)O. The Balaban J connectivity index is 2.44. The highest BCUT2D eigenvalue weighted by Crippen LogP contribution is 2.11. The number of aryl methyl sites for hydroxylation is 2. The molecule has 0 fully saturated rings. The van der Waals surface area contributed by atoms with Crippen LogP contribution in [0.3, 0.4) is 0 Å². The molecule has 1 amide bonds. The quantitative estimate of drug-likeness (QED) is 0.690. The highest BCUT2D eigenvalue weighted by molar-refractivity contribution is 5.96. The Morgan fingerprint density at radius 1 is 1.44 bits per heavy atom. The van der Waals surface area contributed by atoms with E-state index in [9.17, 15) is 9.59 Å². The van der Waals surface area contributed by atoms with Crippen LogP contribution in [0.25, 0.3) is 0 Å². The van der Waals surface area contributed by atoms with E-state index >= 15 is 0 Å². The van der Waals surface area contributed by atoms with Crippen molar-refractivity contribution in [1.29, 1.82) is 0 Å². The summed E-state index contributed by atoms with van der Waals surface area (Å²) in [7, 11) is 1.77. The van der Waals surface area contributed by atoms with Crippen LogP contribution < -0.4 is 5.32 Å². The van der Waals surface area contributed by atoms with Crippen LogP contribution in [0.15, 0.2) is 0 Å². The lowest BCUT2D eigenvalue weighted by Crippen LogP contribution is -2.28. The largest absolute Gasteiger partial charge is 0.480 e. The molecule has 1 aromatic rings. The molecule has 1 rings (SSSR count). The molecular weight excluding hydrogens is 238 g/mol. The van der Waals surface area contributed by atoms with Crippen LogP contribution in [0.1, 0.15) is 21.7 Å². The second-order valence-electron chi connectivity index (χ2n) is 3.87. The zero-order chi connectivity index (χ0) is 13.7. The van der Waals surface area contributed by atoms with E-state index in [1.54, 1.807) is 18.7 Å². The van der Waals surface area contributed by atoms with Crippen LogP contribution in [0.2, 0.25) is 0 Å². The predicted octanol–water partition coefficient (Wildman–Crippen LogP) is -0.132. The van der Waals surface area contributed by atoms with Crippen molar-refractivity contribution in [3.63, 3.8) is 0 Å².